The molecule has 0 aromatic heterocycles. The molecule has 0 saturated heterocycles. The number of carbonyl (C=O) groups is 3. The molecule has 0 radical (unpaired) electrons. The first kappa shape index (κ1) is 54.3. The number of amides is 1. The number of esters is 1. The Bertz CT molecular complexity index is 1040. The van der Waals surface area contributed by atoms with Crippen LogP contribution in [0.25, 0.3) is 0 Å². The van der Waals surface area contributed by atoms with E-state index in [9.17, 15) is 19.5 Å². The van der Waals surface area contributed by atoms with Crippen LogP contribution in [0.15, 0.2) is 48.6 Å². The van der Waals surface area contributed by atoms with Crippen LogP contribution in [0.4, 0.5) is 0 Å². The van der Waals surface area contributed by atoms with Gasteiger partial charge in [-0.15, -0.1) is 0 Å². The van der Waals surface area contributed by atoms with Crippen molar-refractivity contribution < 1.29 is 24.2 Å². The molecule has 0 rings (SSSR count). The molecule has 4 N–H and O–H groups in total. The number of carbonyl (C=O) groups excluding carboxylic acids is 2. The van der Waals surface area contributed by atoms with Crippen LogP contribution in [0.5, 0.6) is 0 Å². The maximum absolute atomic E-state index is 12.8. The summed E-state index contributed by atoms with van der Waals surface area (Å²) in [6, 6.07) is -0.857. The van der Waals surface area contributed by atoms with Crippen molar-refractivity contribution in [3.63, 3.8) is 0 Å². The fourth-order valence-corrected chi connectivity index (χ4v) is 7.09. The summed E-state index contributed by atoms with van der Waals surface area (Å²) in [6.07, 6.45) is 54.5. The Morgan fingerprint density at radius 2 is 0.965 bits per heavy atom. The Morgan fingerprint density at radius 1 is 0.526 bits per heavy atom. The van der Waals surface area contributed by atoms with E-state index in [1.54, 1.807) is 0 Å². The second-order valence-electron chi connectivity index (χ2n) is 16.1. The Labute approximate surface area is 351 Å². The number of nitrogens with two attached hydrogens (primary N) is 1. The molecule has 0 aliphatic heterocycles. The summed E-state index contributed by atoms with van der Waals surface area (Å²) in [6.45, 7) is 4.84. The van der Waals surface area contributed by atoms with Gasteiger partial charge in [0.25, 0.3) is 0 Å². The lowest BCUT2D eigenvalue weighted by Gasteiger charge is -2.18. The van der Waals surface area contributed by atoms with Crippen molar-refractivity contribution in [1.82, 2.24) is 5.32 Å². The summed E-state index contributed by atoms with van der Waals surface area (Å²) in [5.74, 6) is -1.23. The second kappa shape index (κ2) is 44.4. The first-order valence-electron chi connectivity index (χ1n) is 24.0. The highest BCUT2D eigenvalue weighted by molar-refractivity contribution is 5.83. The number of carboxylic acid groups (broad SMARTS) is 1. The molecule has 0 heterocycles. The zero-order valence-electron chi connectivity index (χ0n) is 37.2. The van der Waals surface area contributed by atoms with Crippen LogP contribution in [0.2, 0.25) is 0 Å². The molecule has 2 atom stereocenters. The van der Waals surface area contributed by atoms with Gasteiger partial charge in [0.1, 0.15) is 12.1 Å². The van der Waals surface area contributed by atoms with Gasteiger partial charge in [0, 0.05) is 12.8 Å². The number of hydrogen-bond acceptors (Lipinski definition) is 5. The molecule has 0 aromatic rings. The number of ether oxygens (including phenoxy) is 1. The van der Waals surface area contributed by atoms with Crippen LogP contribution in [-0.4, -0.2) is 41.6 Å². The molecular weight excluding hydrogens is 709 g/mol. The van der Waals surface area contributed by atoms with Crippen LogP contribution in [0.3, 0.4) is 0 Å². The van der Waals surface area contributed by atoms with Crippen LogP contribution >= 0.6 is 0 Å². The minimum atomic E-state index is -1.00. The molecule has 0 aromatic carbocycles. The molecule has 0 saturated carbocycles. The lowest BCUT2D eigenvalue weighted by molar-refractivity contribution is -0.150. The van der Waals surface area contributed by atoms with Crippen LogP contribution in [0, 0.1) is 0 Å². The number of hydrogen-bond donors (Lipinski definition) is 3. The van der Waals surface area contributed by atoms with Crippen molar-refractivity contribution >= 4 is 17.8 Å². The van der Waals surface area contributed by atoms with Gasteiger partial charge in [0.05, 0.1) is 0 Å². The van der Waals surface area contributed by atoms with E-state index < -0.39 is 12.0 Å². The number of allylic oxidation sites excluding steroid dienone is 8. The molecule has 7 nitrogen and oxygen atoms in total. The van der Waals surface area contributed by atoms with Crippen molar-refractivity contribution in [1.29, 1.82) is 0 Å². The monoisotopic (exact) mass is 799 g/mol. The topological polar surface area (TPSA) is 119 Å². The molecule has 1 amide bonds. The molecular formula is C50H90N2O5. The van der Waals surface area contributed by atoms with Gasteiger partial charge in [-0.3, -0.25) is 9.59 Å². The maximum atomic E-state index is 12.8. The summed E-state index contributed by atoms with van der Waals surface area (Å²) in [7, 11) is 0. The third kappa shape index (κ3) is 41.3. The van der Waals surface area contributed by atoms with Crippen LogP contribution in [-0.2, 0) is 19.1 Å². The van der Waals surface area contributed by atoms with Gasteiger partial charge in [-0.2, -0.15) is 0 Å². The van der Waals surface area contributed by atoms with Gasteiger partial charge in [0.15, 0.2) is 0 Å². The van der Waals surface area contributed by atoms with E-state index in [1.807, 2.05) is 0 Å². The normalized spacial score (nSPS) is 13.0. The highest BCUT2D eigenvalue weighted by Gasteiger charge is 2.19. The molecule has 0 spiro atoms. The van der Waals surface area contributed by atoms with Crippen molar-refractivity contribution in [3.8, 4) is 0 Å². The lowest BCUT2D eigenvalue weighted by atomic mass is 10.0. The first-order valence-corrected chi connectivity index (χ1v) is 24.0. The SMILES string of the molecule is CC/C=C\C/C=C\C/C=C\C/C=C\CCCCCCCCCCC(=O)OC(CCCCCCCCCCCC)CCCCCCCC(=O)NC(CCCN)C(=O)O. The summed E-state index contributed by atoms with van der Waals surface area (Å²) in [5.41, 5.74) is 5.49. The second-order valence-corrected chi connectivity index (χ2v) is 16.1. The number of rotatable bonds is 43. The maximum Gasteiger partial charge on any atom is 0.326 e. The van der Waals surface area contributed by atoms with Crippen molar-refractivity contribution in [3.05, 3.63) is 48.6 Å². The Balaban J connectivity index is 4.21. The average Bonchev–Trinajstić information content (AvgIpc) is 3.20. The molecule has 0 bridgehead atoms. The smallest absolute Gasteiger partial charge is 0.326 e. The quantitative estimate of drug-likeness (QED) is 0.0321. The summed E-state index contributed by atoms with van der Waals surface area (Å²) >= 11 is 0. The highest BCUT2D eigenvalue weighted by atomic mass is 16.5. The van der Waals surface area contributed by atoms with Gasteiger partial charge < -0.3 is 20.9 Å². The van der Waals surface area contributed by atoms with E-state index in [1.165, 1.54) is 103 Å². The van der Waals surface area contributed by atoms with E-state index in [0.717, 1.165) is 89.9 Å². The number of aliphatic carboxylic acids is 1. The average molecular weight is 799 g/mol. The summed E-state index contributed by atoms with van der Waals surface area (Å²) < 4.78 is 6.06. The summed E-state index contributed by atoms with van der Waals surface area (Å²) in [4.78, 5) is 36.4. The molecule has 0 fully saturated rings. The fraction of sp³-hybridized carbons (Fsp3) is 0.780. The predicted octanol–water partition coefficient (Wildman–Crippen LogP) is 14.0. The zero-order valence-corrected chi connectivity index (χ0v) is 37.2. The van der Waals surface area contributed by atoms with E-state index in [0.29, 0.717) is 32.2 Å². The first-order chi connectivity index (χ1) is 27.9. The van der Waals surface area contributed by atoms with Gasteiger partial charge in [-0.05, 0) is 96.4 Å². The fourth-order valence-electron chi connectivity index (χ4n) is 7.09. The Morgan fingerprint density at radius 3 is 1.46 bits per heavy atom. The third-order valence-electron chi connectivity index (χ3n) is 10.7. The Hall–Kier alpha value is -2.67. The number of carboxylic acids is 1. The third-order valence-corrected chi connectivity index (χ3v) is 10.7. The Kier molecular flexibility index (Phi) is 42.4. The van der Waals surface area contributed by atoms with Gasteiger partial charge in [-0.1, -0.05) is 178 Å². The summed E-state index contributed by atoms with van der Waals surface area (Å²) in [5, 5.41) is 12.0. The van der Waals surface area contributed by atoms with Gasteiger partial charge in [0.2, 0.25) is 5.91 Å². The van der Waals surface area contributed by atoms with E-state index in [-0.39, 0.29) is 18.0 Å². The standard InChI is InChI=1S/C50H90N2O5/c1-3-5-7-9-11-13-15-16-17-18-19-20-21-22-23-24-25-27-29-34-38-44-49(54)57-46(40-35-31-28-26-14-12-10-8-6-4-2)41-36-32-30-33-37-43-48(53)52-47(50(55)56)42-39-45-51/h5,7,11,13,16-17,19-20,46-47H,3-4,6,8-10,12,14-15,18,21-45,51H2,1-2H3,(H,52,53)(H,55,56)/b7-5-,13-11-,17-16-,20-19-. The van der Waals surface area contributed by atoms with Gasteiger partial charge in [-0.25, -0.2) is 4.79 Å². The van der Waals surface area contributed by atoms with E-state index in [2.05, 4.69) is 67.8 Å². The molecule has 0 aliphatic rings. The van der Waals surface area contributed by atoms with Crippen LogP contribution in [0.1, 0.15) is 232 Å². The van der Waals surface area contributed by atoms with Crippen molar-refractivity contribution in [2.24, 2.45) is 5.73 Å². The largest absolute Gasteiger partial charge is 0.480 e. The van der Waals surface area contributed by atoms with E-state index >= 15 is 0 Å². The molecule has 330 valence electrons. The zero-order chi connectivity index (χ0) is 41.7. The molecule has 57 heavy (non-hydrogen) atoms. The van der Waals surface area contributed by atoms with Crippen molar-refractivity contribution in [2.45, 2.75) is 244 Å². The lowest BCUT2D eigenvalue weighted by Crippen LogP contribution is -2.40. The minimum Gasteiger partial charge on any atom is -0.480 e. The number of nitrogens with one attached hydrogen (secondary N) is 1. The van der Waals surface area contributed by atoms with Crippen LogP contribution < -0.4 is 11.1 Å². The number of unbranched alkanes of at least 4 members (excludes halogenated alkanes) is 21. The van der Waals surface area contributed by atoms with Gasteiger partial charge >= 0.3 is 11.9 Å². The minimum absolute atomic E-state index is 0.00970. The molecule has 0 aliphatic carbocycles. The molecule has 7 heteroatoms. The van der Waals surface area contributed by atoms with E-state index in [4.69, 9.17) is 10.5 Å². The van der Waals surface area contributed by atoms with Crippen molar-refractivity contribution in [2.75, 3.05) is 6.54 Å². The molecule has 2 unspecified atom stereocenters. The predicted molar refractivity (Wildman–Crippen MR) is 243 cm³/mol. The highest BCUT2D eigenvalue weighted by Crippen LogP contribution is 2.19.